The van der Waals surface area contributed by atoms with Gasteiger partial charge in [-0.05, 0) is 0 Å². The number of aryl methyl sites for hydroxylation is 2. The smallest absolute Gasteiger partial charge is 0.121 e. The van der Waals surface area contributed by atoms with Gasteiger partial charge in [0.15, 0.2) is 0 Å². The minimum Gasteiger partial charge on any atom is -0.369 e. The Bertz CT molecular complexity index is 832. The monoisotopic (exact) mass is 328 g/mol. The average Bonchev–Trinajstić information content (AvgIpc) is 3.27. The maximum atomic E-state index is 5.96. The standard InChI is InChI=1S/C15H20N8O/c1-21-7-11(4-17-21)3-16-6-13-9-23-14(10-24-13)15(19-20-23)12-5-18-22(2)8-12/h4-5,7-8,13,16H,3,6,9-10H2,1-2H3/t13-/m1/s1. The summed E-state index contributed by atoms with van der Waals surface area (Å²) in [4.78, 5) is 0. The lowest BCUT2D eigenvalue weighted by atomic mass is 10.2. The van der Waals surface area contributed by atoms with Gasteiger partial charge >= 0.3 is 0 Å². The Labute approximate surface area is 139 Å². The predicted octanol–water partition coefficient (Wildman–Crippen LogP) is 0.101. The van der Waals surface area contributed by atoms with Crippen LogP contribution >= 0.6 is 0 Å². The second kappa shape index (κ2) is 6.17. The number of hydrogen-bond acceptors (Lipinski definition) is 6. The fourth-order valence-corrected chi connectivity index (χ4v) is 2.90. The van der Waals surface area contributed by atoms with Gasteiger partial charge in [0.2, 0.25) is 0 Å². The molecule has 0 saturated heterocycles. The number of fused-ring (bicyclic) bond motifs is 1. The molecule has 9 nitrogen and oxygen atoms in total. The summed E-state index contributed by atoms with van der Waals surface area (Å²) in [5.41, 5.74) is 3.99. The van der Waals surface area contributed by atoms with Crippen molar-refractivity contribution in [2.24, 2.45) is 14.1 Å². The Morgan fingerprint density at radius 2 is 2.04 bits per heavy atom. The highest BCUT2D eigenvalue weighted by Gasteiger charge is 2.24. The Kier molecular flexibility index (Phi) is 3.87. The molecule has 0 aromatic carbocycles. The molecule has 0 bridgehead atoms. The molecule has 1 aliphatic heterocycles. The zero-order valence-corrected chi connectivity index (χ0v) is 13.8. The van der Waals surface area contributed by atoms with Crippen molar-refractivity contribution < 1.29 is 4.74 Å². The Morgan fingerprint density at radius 3 is 2.79 bits per heavy atom. The molecule has 0 fully saturated rings. The molecule has 0 unspecified atom stereocenters. The van der Waals surface area contributed by atoms with E-state index in [1.54, 1.807) is 15.6 Å². The van der Waals surface area contributed by atoms with Gasteiger partial charge in [0.25, 0.3) is 0 Å². The lowest BCUT2D eigenvalue weighted by Gasteiger charge is -2.24. The highest BCUT2D eigenvalue weighted by atomic mass is 16.5. The highest BCUT2D eigenvalue weighted by molar-refractivity contribution is 5.59. The van der Waals surface area contributed by atoms with Crippen LogP contribution in [0.5, 0.6) is 0 Å². The normalized spacial score (nSPS) is 17.2. The zero-order valence-electron chi connectivity index (χ0n) is 13.8. The van der Waals surface area contributed by atoms with E-state index in [-0.39, 0.29) is 6.10 Å². The Morgan fingerprint density at radius 1 is 1.21 bits per heavy atom. The van der Waals surface area contributed by atoms with Crippen molar-refractivity contribution in [3.05, 3.63) is 36.0 Å². The van der Waals surface area contributed by atoms with Gasteiger partial charge in [0.1, 0.15) is 5.69 Å². The lowest BCUT2D eigenvalue weighted by molar-refractivity contribution is 0.00125. The van der Waals surface area contributed by atoms with Gasteiger partial charge in [0.05, 0.1) is 37.3 Å². The molecule has 126 valence electrons. The van der Waals surface area contributed by atoms with Crippen LogP contribution in [0.2, 0.25) is 0 Å². The fourth-order valence-electron chi connectivity index (χ4n) is 2.90. The number of nitrogens with zero attached hydrogens (tertiary/aromatic N) is 7. The van der Waals surface area contributed by atoms with Crippen molar-refractivity contribution >= 4 is 0 Å². The van der Waals surface area contributed by atoms with E-state index < -0.39 is 0 Å². The molecular formula is C15H20N8O. The predicted molar refractivity (Wildman–Crippen MR) is 85.7 cm³/mol. The number of rotatable bonds is 5. The summed E-state index contributed by atoms with van der Waals surface area (Å²) in [6.45, 7) is 2.74. The summed E-state index contributed by atoms with van der Waals surface area (Å²) >= 11 is 0. The van der Waals surface area contributed by atoms with E-state index in [1.807, 2.05) is 37.4 Å². The van der Waals surface area contributed by atoms with E-state index in [1.165, 1.54) is 0 Å². The molecule has 0 amide bonds. The zero-order chi connectivity index (χ0) is 16.5. The number of ether oxygens (including phenoxy) is 1. The number of hydrogen-bond donors (Lipinski definition) is 1. The minimum atomic E-state index is 0.0811. The second-order valence-electron chi connectivity index (χ2n) is 6.06. The van der Waals surface area contributed by atoms with Crippen LogP contribution < -0.4 is 5.32 Å². The van der Waals surface area contributed by atoms with E-state index in [9.17, 15) is 0 Å². The first-order valence-electron chi connectivity index (χ1n) is 7.90. The molecule has 1 aliphatic rings. The molecule has 3 aromatic rings. The topological polar surface area (TPSA) is 87.6 Å². The summed E-state index contributed by atoms with van der Waals surface area (Å²) in [7, 11) is 3.81. The van der Waals surface area contributed by atoms with Gasteiger partial charge in [-0.2, -0.15) is 10.2 Å². The summed E-state index contributed by atoms with van der Waals surface area (Å²) in [5.74, 6) is 0. The van der Waals surface area contributed by atoms with E-state index >= 15 is 0 Å². The molecule has 0 spiro atoms. The quantitative estimate of drug-likeness (QED) is 0.715. The van der Waals surface area contributed by atoms with Gasteiger partial charge in [-0.1, -0.05) is 5.21 Å². The van der Waals surface area contributed by atoms with Crippen LogP contribution in [-0.2, 0) is 38.5 Å². The molecule has 4 rings (SSSR count). The summed E-state index contributed by atoms with van der Waals surface area (Å²) in [5, 5.41) is 20.3. The molecule has 0 aliphatic carbocycles. The lowest BCUT2D eigenvalue weighted by Crippen LogP contribution is -2.36. The summed E-state index contributed by atoms with van der Waals surface area (Å²) in [6, 6.07) is 0. The van der Waals surface area contributed by atoms with Crippen LogP contribution in [0.3, 0.4) is 0 Å². The third-order valence-corrected chi connectivity index (χ3v) is 4.11. The van der Waals surface area contributed by atoms with Crippen molar-refractivity contribution in [2.45, 2.75) is 25.8 Å². The molecule has 3 aromatic heterocycles. The molecule has 1 N–H and O–H groups in total. The summed E-state index contributed by atoms with van der Waals surface area (Å²) < 4.78 is 11.5. The molecule has 4 heterocycles. The van der Waals surface area contributed by atoms with Crippen molar-refractivity contribution in [3.63, 3.8) is 0 Å². The second-order valence-corrected chi connectivity index (χ2v) is 6.06. The van der Waals surface area contributed by atoms with Crippen LogP contribution in [0.25, 0.3) is 11.3 Å². The minimum absolute atomic E-state index is 0.0811. The van der Waals surface area contributed by atoms with Gasteiger partial charge < -0.3 is 10.1 Å². The molecule has 0 radical (unpaired) electrons. The largest absolute Gasteiger partial charge is 0.369 e. The first kappa shape index (κ1) is 15.0. The van der Waals surface area contributed by atoms with E-state index in [0.29, 0.717) is 13.2 Å². The Hall–Kier alpha value is -2.52. The van der Waals surface area contributed by atoms with Gasteiger partial charge in [-0.15, -0.1) is 5.10 Å². The molecule has 1 atom stereocenters. The fraction of sp³-hybridized carbons (Fsp3) is 0.467. The SMILES string of the molecule is Cn1cc(CNC[C@@H]2Cn3nnc(-c4cnn(C)c4)c3CO2)cn1. The third kappa shape index (κ3) is 2.95. The van der Waals surface area contributed by atoms with E-state index in [2.05, 4.69) is 25.8 Å². The Balaban J connectivity index is 1.37. The van der Waals surface area contributed by atoms with Crippen LogP contribution in [0.15, 0.2) is 24.8 Å². The summed E-state index contributed by atoms with van der Waals surface area (Å²) in [6.07, 6.45) is 7.69. The number of aromatic nitrogens is 7. The molecule has 9 heteroatoms. The molecule has 0 saturated carbocycles. The van der Waals surface area contributed by atoms with Crippen LogP contribution in [0.1, 0.15) is 11.3 Å². The number of nitrogens with one attached hydrogen (secondary N) is 1. The van der Waals surface area contributed by atoms with Crippen molar-refractivity contribution in [2.75, 3.05) is 6.54 Å². The van der Waals surface area contributed by atoms with Crippen LogP contribution in [0, 0.1) is 0 Å². The van der Waals surface area contributed by atoms with Gasteiger partial charge in [0, 0.05) is 50.7 Å². The van der Waals surface area contributed by atoms with Crippen molar-refractivity contribution in [1.29, 1.82) is 0 Å². The van der Waals surface area contributed by atoms with Gasteiger partial charge in [-0.3, -0.25) is 9.36 Å². The van der Waals surface area contributed by atoms with Crippen molar-refractivity contribution in [1.82, 2.24) is 39.9 Å². The average molecular weight is 328 g/mol. The highest BCUT2D eigenvalue weighted by Crippen LogP contribution is 2.24. The van der Waals surface area contributed by atoms with E-state index in [0.717, 1.165) is 35.6 Å². The third-order valence-electron chi connectivity index (χ3n) is 4.11. The van der Waals surface area contributed by atoms with Gasteiger partial charge in [-0.25, -0.2) is 4.68 Å². The first-order chi connectivity index (χ1) is 11.7. The maximum Gasteiger partial charge on any atom is 0.121 e. The van der Waals surface area contributed by atoms with Crippen LogP contribution in [-0.4, -0.2) is 47.2 Å². The maximum absolute atomic E-state index is 5.96. The molecule has 24 heavy (non-hydrogen) atoms. The van der Waals surface area contributed by atoms with Crippen LogP contribution in [0.4, 0.5) is 0 Å². The van der Waals surface area contributed by atoms with E-state index in [4.69, 9.17) is 4.74 Å². The first-order valence-corrected chi connectivity index (χ1v) is 7.90. The molecular weight excluding hydrogens is 308 g/mol. The van der Waals surface area contributed by atoms with Crippen molar-refractivity contribution in [3.8, 4) is 11.3 Å².